The van der Waals surface area contributed by atoms with Gasteiger partial charge in [-0.3, -0.25) is 4.79 Å². The molecule has 152 valence electrons. The number of rotatable bonds is 5. The Hall–Kier alpha value is -2.71. The monoisotopic (exact) mass is 413 g/mol. The zero-order chi connectivity index (χ0) is 20.3. The van der Waals surface area contributed by atoms with E-state index in [0.717, 1.165) is 31.1 Å². The van der Waals surface area contributed by atoms with Crippen LogP contribution in [0, 0.1) is 0 Å². The number of carbonyl (C=O) groups is 1. The van der Waals surface area contributed by atoms with Crippen LogP contribution in [0.2, 0.25) is 0 Å². The van der Waals surface area contributed by atoms with Crippen LogP contribution in [0.1, 0.15) is 31.4 Å². The van der Waals surface area contributed by atoms with Crippen molar-refractivity contribution in [2.24, 2.45) is 0 Å². The van der Waals surface area contributed by atoms with Crippen molar-refractivity contribution in [3.8, 4) is 0 Å². The minimum atomic E-state index is -3.50. The van der Waals surface area contributed by atoms with Crippen molar-refractivity contribution in [2.45, 2.75) is 37.0 Å². The number of fused-ring (bicyclic) bond motifs is 1. The number of nitrogens with one attached hydrogen (secondary N) is 1. The third-order valence-electron chi connectivity index (χ3n) is 5.12. The summed E-state index contributed by atoms with van der Waals surface area (Å²) in [6.07, 6.45) is 3.99. The van der Waals surface area contributed by atoms with Gasteiger partial charge in [-0.15, -0.1) is 0 Å². The molecule has 8 heteroatoms. The van der Waals surface area contributed by atoms with E-state index < -0.39 is 10.0 Å². The number of hydrogen-bond acceptors (Lipinski definition) is 5. The first kappa shape index (κ1) is 19.6. The quantitative estimate of drug-likeness (QED) is 0.690. The highest BCUT2D eigenvalue weighted by Crippen LogP contribution is 2.22. The summed E-state index contributed by atoms with van der Waals surface area (Å²) in [6.45, 7) is 1.12. The smallest absolute Gasteiger partial charge is 0.243 e. The second-order valence-corrected chi connectivity index (χ2v) is 9.13. The molecule has 0 unspecified atom stereocenters. The maximum Gasteiger partial charge on any atom is 0.243 e. The van der Waals surface area contributed by atoms with Gasteiger partial charge in [0.1, 0.15) is 5.69 Å². The van der Waals surface area contributed by atoms with Crippen LogP contribution in [0.15, 0.2) is 57.9 Å². The van der Waals surface area contributed by atoms with Crippen molar-refractivity contribution in [1.82, 2.24) is 9.46 Å². The molecule has 4 rings (SSSR count). The highest BCUT2D eigenvalue weighted by atomic mass is 32.2. The Morgan fingerprint density at radius 3 is 2.41 bits per heavy atom. The lowest BCUT2D eigenvalue weighted by Gasteiger charge is -2.20. The standard InChI is InChI=1S/C21H23N3O4S/c25-21(15-19-18-7-3-4-8-20(18)28-23-19)22-16-9-11-17(12-10-16)29(26,27)24-13-5-1-2-6-14-24/h3-4,7-12H,1-2,5-6,13-15H2,(H,22,25). The molecule has 1 saturated heterocycles. The third kappa shape index (κ3) is 4.33. The van der Waals surface area contributed by atoms with Crippen molar-refractivity contribution in [1.29, 1.82) is 0 Å². The number of sulfonamides is 1. The largest absolute Gasteiger partial charge is 0.356 e. The van der Waals surface area contributed by atoms with Gasteiger partial charge in [0.15, 0.2) is 5.58 Å². The van der Waals surface area contributed by atoms with Gasteiger partial charge in [-0.05, 0) is 49.2 Å². The lowest BCUT2D eigenvalue weighted by Crippen LogP contribution is -2.31. The van der Waals surface area contributed by atoms with Crippen molar-refractivity contribution < 1.29 is 17.7 Å². The summed E-state index contributed by atoms with van der Waals surface area (Å²) in [5, 5.41) is 7.55. The predicted molar refractivity (Wildman–Crippen MR) is 110 cm³/mol. The molecule has 1 aliphatic rings. The first-order valence-corrected chi connectivity index (χ1v) is 11.2. The number of carbonyl (C=O) groups excluding carboxylic acids is 1. The number of nitrogens with zero attached hydrogens (tertiary/aromatic N) is 2. The molecule has 0 bridgehead atoms. The molecule has 1 amide bonds. The fourth-order valence-corrected chi connectivity index (χ4v) is 5.08. The average molecular weight is 413 g/mol. The fraction of sp³-hybridized carbons (Fsp3) is 0.333. The SMILES string of the molecule is O=C(Cc1noc2ccccc12)Nc1ccc(S(=O)(=O)N2CCCCCC2)cc1. The normalized spacial score (nSPS) is 15.9. The van der Waals surface area contributed by atoms with Crippen LogP contribution in [0.4, 0.5) is 5.69 Å². The van der Waals surface area contributed by atoms with Gasteiger partial charge in [0.05, 0.1) is 11.3 Å². The Morgan fingerprint density at radius 1 is 1.00 bits per heavy atom. The number of aromatic nitrogens is 1. The topological polar surface area (TPSA) is 92.5 Å². The first-order chi connectivity index (χ1) is 14.0. The second kappa shape index (κ2) is 8.34. The Bertz CT molecular complexity index is 1100. The predicted octanol–water partition coefficient (Wildman–Crippen LogP) is 3.57. The van der Waals surface area contributed by atoms with Crippen LogP contribution in [-0.2, 0) is 21.2 Å². The van der Waals surface area contributed by atoms with Gasteiger partial charge in [-0.25, -0.2) is 8.42 Å². The van der Waals surface area contributed by atoms with Gasteiger partial charge in [-0.2, -0.15) is 4.31 Å². The van der Waals surface area contributed by atoms with Gasteiger partial charge < -0.3 is 9.84 Å². The van der Waals surface area contributed by atoms with E-state index in [1.165, 1.54) is 0 Å². The van der Waals surface area contributed by atoms with E-state index in [1.807, 2.05) is 18.2 Å². The summed E-state index contributed by atoms with van der Waals surface area (Å²) in [5.41, 5.74) is 1.74. The average Bonchev–Trinajstić information content (AvgIpc) is 2.92. The third-order valence-corrected chi connectivity index (χ3v) is 7.03. The molecule has 2 aromatic carbocycles. The van der Waals surface area contributed by atoms with E-state index in [1.54, 1.807) is 34.6 Å². The Morgan fingerprint density at radius 2 is 1.69 bits per heavy atom. The van der Waals surface area contributed by atoms with Gasteiger partial charge in [0.2, 0.25) is 15.9 Å². The summed E-state index contributed by atoms with van der Waals surface area (Å²) < 4.78 is 32.4. The van der Waals surface area contributed by atoms with Crippen LogP contribution >= 0.6 is 0 Å². The van der Waals surface area contributed by atoms with Crippen molar-refractivity contribution in [2.75, 3.05) is 18.4 Å². The molecule has 0 atom stereocenters. The van der Waals surface area contributed by atoms with Gasteiger partial charge in [0.25, 0.3) is 0 Å². The van der Waals surface area contributed by atoms with E-state index in [9.17, 15) is 13.2 Å². The molecule has 0 aliphatic carbocycles. The molecule has 1 N–H and O–H groups in total. The molecule has 0 saturated carbocycles. The van der Waals surface area contributed by atoms with Crippen molar-refractivity contribution in [3.05, 3.63) is 54.2 Å². The molecule has 0 radical (unpaired) electrons. The number of anilines is 1. The molecule has 7 nitrogen and oxygen atoms in total. The van der Waals surface area contributed by atoms with E-state index in [2.05, 4.69) is 10.5 Å². The van der Waals surface area contributed by atoms with Gasteiger partial charge in [-0.1, -0.05) is 30.1 Å². The van der Waals surface area contributed by atoms with Gasteiger partial charge >= 0.3 is 0 Å². The van der Waals surface area contributed by atoms with Crippen LogP contribution in [-0.4, -0.2) is 36.9 Å². The molecular weight excluding hydrogens is 390 g/mol. The summed E-state index contributed by atoms with van der Waals surface area (Å²) in [7, 11) is -3.50. The minimum Gasteiger partial charge on any atom is -0.356 e. The fourth-order valence-electron chi connectivity index (χ4n) is 3.56. The highest BCUT2D eigenvalue weighted by Gasteiger charge is 2.25. The first-order valence-electron chi connectivity index (χ1n) is 9.77. The zero-order valence-electron chi connectivity index (χ0n) is 16.0. The van der Waals surface area contributed by atoms with E-state index >= 15 is 0 Å². The Balaban J connectivity index is 1.43. The Kier molecular flexibility index (Phi) is 5.64. The van der Waals surface area contributed by atoms with E-state index in [4.69, 9.17) is 4.52 Å². The van der Waals surface area contributed by atoms with Crippen molar-refractivity contribution in [3.63, 3.8) is 0 Å². The van der Waals surface area contributed by atoms with Crippen LogP contribution in [0.5, 0.6) is 0 Å². The number of amides is 1. The summed E-state index contributed by atoms with van der Waals surface area (Å²) in [5.74, 6) is -0.243. The summed E-state index contributed by atoms with van der Waals surface area (Å²) in [6, 6.07) is 13.7. The molecular formula is C21H23N3O4S. The van der Waals surface area contributed by atoms with E-state index in [0.29, 0.717) is 30.1 Å². The lowest BCUT2D eigenvalue weighted by atomic mass is 10.1. The lowest BCUT2D eigenvalue weighted by molar-refractivity contribution is -0.115. The summed E-state index contributed by atoms with van der Waals surface area (Å²) in [4.78, 5) is 12.6. The second-order valence-electron chi connectivity index (χ2n) is 7.19. The maximum atomic E-state index is 12.8. The molecule has 2 heterocycles. The molecule has 3 aromatic rings. The van der Waals surface area contributed by atoms with Crippen LogP contribution in [0.3, 0.4) is 0 Å². The van der Waals surface area contributed by atoms with Crippen molar-refractivity contribution >= 4 is 32.6 Å². The Labute approximate surface area is 169 Å². The van der Waals surface area contributed by atoms with E-state index in [-0.39, 0.29) is 17.2 Å². The number of para-hydroxylation sites is 1. The number of benzene rings is 2. The van der Waals surface area contributed by atoms with Gasteiger partial charge in [0, 0.05) is 24.2 Å². The maximum absolute atomic E-state index is 12.8. The van der Waals surface area contributed by atoms with Crippen LogP contribution in [0.25, 0.3) is 11.0 Å². The molecule has 0 spiro atoms. The highest BCUT2D eigenvalue weighted by molar-refractivity contribution is 7.89. The summed E-state index contributed by atoms with van der Waals surface area (Å²) >= 11 is 0. The number of hydrogen-bond donors (Lipinski definition) is 1. The molecule has 1 aromatic heterocycles. The zero-order valence-corrected chi connectivity index (χ0v) is 16.8. The minimum absolute atomic E-state index is 0.0742. The molecule has 1 fully saturated rings. The molecule has 29 heavy (non-hydrogen) atoms. The molecule has 1 aliphatic heterocycles. The van der Waals surface area contributed by atoms with Crippen LogP contribution < -0.4 is 5.32 Å².